The fraction of sp³-hybridized carbons (Fsp3) is 0.217. The molecule has 1 amide bonds. The van der Waals surface area contributed by atoms with Crippen molar-refractivity contribution < 1.29 is 14.3 Å². The van der Waals surface area contributed by atoms with Crippen LogP contribution >= 0.6 is 0 Å². The van der Waals surface area contributed by atoms with Gasteiger partial charge >= 0.3 is 0 Å². The number of rotatable bonds is 3. The summed E-state index contributed by atoms with van der Waals surface area (Å²) in [4.78, 5) is 21.6. The summed E-state index contributed by atoms with van der Waals surface area (Å²) in [7, 11) is 0. The summed E-state index contributed by atoms with van der Waals surface area (Å²) < 4.78 is 13.3. The lowest BCUT2D eigenvalue weighted by molar-refractivity contribution is 0.0932. The molecule has 32 heavy (non-hydrogen) atoms. The zero-order chi connectivity index (χ0) is 21.8. The number of nitrogens with one attached hydrogen (secondary N) is 2. The van der Waals surface area contributed by atoms with Crippen molar-refractivity contribution in [2.75, 3.05) is 31.7 Å². The summed E-state index contributed by atoms with van der Waals surface area (Å²) >= 11 is 0. The Kier molecular flexibility index (Phi) is 5.63. The number of amides is 1. The highest BCUT2D eigenvalue weighted by Crippen LogP contribution is 2.30. The molecule has 9 heteroatoms. The minimum atomic E-state index is -0.213. The van der Waals surface area contributed by atoms with Crippen molar-refractivity contribution in [2.24, 2.45) is 0 Å². The molecule has 4 aromatic rings. The molecule has 0 radical (unpaired) electrons. The summed E-state index contributed by atoms with van der Waals surface area (Å²) in [5.41, 5.74) is 3.87. The predicted molar refractivity (Wildman–Crippen MR) is 119 cm³/mol. The zero-order valence-electron chi connectivity index (χ0n) is 17.3. The zero-order valence-corrected chi connectivity index (χ0v) is 17.3. The van der Waals surface area contributed by atoms with E-state index < -0.39 is 0 Å². The van der Waals surface area contributed by atoms with E-state index in [0.717, 1.165) is 22.5 Å². The molecule has 0 saturated carbocycles. The first-order valence-electron chi connectivity index (χ1n) is 10.4. The largest absolute Gasteiger partial charge is 0.490 e. The highest BCUT2D eigenvalue weighted by atomic mass is 16.5. The van der Waals surface area contributed by atoms with Crippen LogP contribution in [0.1, 0.15) is 15.9 Å². The van der Waals surface area contributed by atoms with Crippen LogP contribution in [-0.2, 0) is 11.3 Å². The second-order valence-electron chi connectivity index (χ2n) is 7.28. The number of hydrogen-bond donors (Lipinski definition) is 2. The van der Waals surface area contributed by atoms with E-state index in [1.807, 2.05) is 36.5 Å². The molecule has 0 fully saturated rings. The van der Waals surface area contributed by atoms with Crippen LogP contribution in [0.3, 0.4) is 0 Å². The Hall–Kier alpha value is -3.98. The average molecular weight is 430 g/mol. The van der Waals surface area contributed by atoms with E-state index in [4.69, 9.17) is 9.47 Å². The number of hydrogen-bond acceptors (Lipinski definition) is 7. The highest BCUT2D eigenvalue weighted by Gasteiger charge is 2.17. The molecule has 2 N–H and O–H groups in total. The number of carbonyl (C=O) groups excluding carboxylic acids is 1. The van der Waals surface area contributed by atoms with Gasteiger partial charge in [-0.05, 0) is 41.5 Å². The van der Waals surface area contributed by atoms with Gasteiger partial charge < -0.3 is 20.1 Å². The third-order valence-electron chi connectivity index (χ3n) is 5.15. The van der Waals surface area contributed by atoms with Crippen LogP contribution in [0.5, 0.6) is 5.75 Å². The third-order valence-corrected chi connectivity index (χ3v) is 5.15. The molecule has 0 saturated heterocycles. The van der Waals surface area contributed by atoms with Gasteiger partial charge in [-0.3, -0.25) is 9.78 Å². The molecule has 3 aromatic heterocycles. The molecule has 4 heterocycles. The number of ether oxygens (including phenoxy) is 2. The lowest BCUT2D eigenvalue weighted by Crippen LogP contribution is -2.24. The maximum atomic E-state index is 12.9. The highest BCUT2D eigenvalue weighted by molar-refractivity contribution is 5.98. The van der Waals surface area contributed by atoms with Crippen molar-refractivity contribution in [2.45, 2.75) is 6.54 Å². The monoisotopic (exact) mass is 430 g/mol. The molecule has 0 spiro atoms. The molecule has 9 nitrogen and oxygen atoms in total. The number of anilines is 1. The fourth-order valence-electron chi connectivity index (χ4n) is 3.51. The van der Waals surface area contributed by atoms with E-state index in [9.17, 15) is 4.79 Å². The van der Waals surface area contributed by atoms with Crippen molar-refractivity contribution in [3.63, 3.8) is 0 Å². The van der Waals surface area contributed by atoms with Crippen molar-refractivity contribution in [3.05, 3.63) is 72.3 Å². The molecule has 4 bridgehead atoms. The van der Waals surface area contributed by atoms with E-state index in [1.165, 1.54) is 0 Å². The topological polar surface area (TPSA) is 103 Å². The van der Waals surface area contributed by atoms with Gasteiger partial charge in [-0.15, -0.1) is 0 Å². The van der Waals surface area contributed by atoms with Crippen molar-refractivity contribution in [3.8, 4) is 16.9 Å². The number of nitrogens with zero attached hydrogens (tertiary/aromatic N) is 4. The summed E-state index contributed by atoms with van der Waals surface area (Å²) in [6.07, 6.45) is 7.03. The van der Waals surface area contributed by atoms with E-state index >= 15 is 0 Å². The second-order valence-corrected chi connectivity index (χ2v) is 7.28. The van der Waals surface area contributed by atoms with Crippen LogP contribution in [0.2, 0.25) is 0 Å². The van der Waals surface area contributed by atoms with Crippen LogP contribution in [0.25, 0.3) is 16.8 Å². The summed E-state index contributed by atoms with van der Waals surface area (Å²) in [6.45, 7) is 2.29. The molecule has 0 unspecified atom stereocenters. The Morgan fingerprint density at radius 2 is 2.03 bits per heavy atom. The van der Waals surface area contributed by atoms with Crippen molar-refractivity contribution >= 4 is 17.4 Å². The maximum Gasteiger partial charge on any atom is 0.255 e. The standard InChI is InChI=1S/C23H22N6O3/c30-23(26-14-16-3-6-24-7-4-16)18-2-1-17-13-20(18)32-12-11-31-10-8-25-21-5-9-29-22(28-21)19(17)15-27-29/h1-7,9,13,15H,8,10-12,14H2,(H,25,28)(H,26,30). The first-order valence-corrected chi connectivity index (χ1v) is 10.4. The van der Waals surface area contributed by atoms with Crippen molar-refractivity contribution in [1.82, 2.24) is 24.9 Å². The lowest BCUT2D eigenvalue weighted by atomic mass is 10.0. The number of benzene rings is 1. The van der Waals surface area contributed by atoms with Gasteiger partial charge in [0, 0.05) is 37.2 Å². The van der Waals surface area contributed by atoms with Crippen LogP contribution < -0.4 is 15.4 Å². The smallest absolute Gasteiger partial charge is 0.255 e. The van der Waals surface area contributed by atoms with Crippen LogP contribution in [0, 0.1) is 0 Å². The Labute approximate surface area is 184 Å². The molecule has 1 aliphatic rings. The second kappa shape index (κ2) is 9.03. The molecular weight excluding hydrogens is 408 g/mol. The number of carbonyl (C=O) groups is 1. The Morgan fingerprint density at radius 3 is 2.94 bits per heavy atom. The minimum Gasteiger partial charge on any atom is -0.490 e. The van der Waals surface area contributed by atoms with Gasteiger partial charge in [0.25, 0.3) is 5.91 Å². The van der Waals surface area contributed by atoms with Gasteiger partial charge in [0.05, 0.1) is 25.0 Å². The maximum absolute atomic E-state index is 12.9. The Balaban J connectivity index is 1.48. The molecule has 5 rings (SSSR count). The molecule has 1 aliphatic heterocycles. The van der Waals surface area contributed by atoms with Crippen LogP contribution in [0.15, 0.2) is 61.2 Å². The quantitative estimate of drug-likeness (QED) is 0.515. The first-order chi connectivity index (χ1) is 15.8. The third kappa shape index (κ3) is 4.23. The van der Waals surface area contributed by atoms with Gasteiger partial charge in [0.15, 0.2) is 5.65 Å². The van der Waals surface area contributed by atoms with Gasteiger partial charge in [0.1, 0.15) is 18.2 Å². The SMILES string of the molecule is O=C(NCc1ccncc1)c1ccc2cc1OCCOCCNc1ccn3ncc-2c3n1. The van der Waals surface area contributed by atoms with Gasteiger partial charge in [-0.25, -0.2) is 9.50 Å². The van der Waals surface area contributed by atoms with E-state index in [2.05, 4.69) is 25.7 Å². The van der Waals surface area contributed by atoms with Gasteiger partial charge in [0.2, 0.25) is 0 Å². The average Bonchev–Trinajstić information content (AvgIpc) is 3.25. The van der Waals surface area contributed by atoms with Gasteiger partial charge in [-0.2, -0.15) is 5.10 Å². The molecule has 162 valence electrons. The molecule has 0 aliphatic carbocycles. The molecule has 1 aromatic carbocycles. The number of fused-ring (bicyclic) bond motifs is 4. The Bertz CT molecular complexity index is 1240. The lowest BCUT2D eigenvalue weighted by Gasteiger charge is -2.14. The normalized spacial score (nSPS) is 13.8. The fourth-order valence-corrected chi connectivity index (χ4v) is 3.51. The number of pyridine rings is 1. The first kappa shape index (κ1) is 20.0. The van der Waals surface area contributed by atoms with Crippen LogP contribution in [0.4, 0.5) is 5.82 Å². The molecule has 0 atom stereocenters. The number of aromatic nitrogens is 4. The van der Waals surface area contributed by atoms with Crippen molar-refractivity contribution in [1.29, 1.82) is 0 Å². The summed E-state index contributed by atoms with van der Waals surface area (Å²) in [6, 6.07) is 11.1. The van der Waals surface area contributed by atoms with Gasteiger partial charge in [-0.1, -0.05) is 6.07 Å². The Morgan fingerprint density at radius 1 is 1.12 bits per heavy atom. The van der Waals surface area contributed by atoms with E-state index in [0.29, 0.717) is 49.9 Å². The van der Waals surface area contributed by atoms with E-state index in [-0.39, 0.29) is 5.91 Å². The van der Waals surface area contributed by atoms with Crippen LogP contribution in [-0.4, -0.2) is 51.9 Å². The molecular formula is C23H22N6O3. The summed E-state index contributed by atoms with van der Waals surface area (Å²) in [5.74, 6) is 1.03. The minimum absolute atomic E-state index is 0.213. The predicted octanol–water partition coefficient (Wildman–Crippen LogP) is 2.54. The summed E-state index contributed by atoms with van der Waals surface area (Å²) in [5, 5.41) is 10.6. The van der Waals surface area contributed by atoms with E-state index in [1.54, 1.807) is 29.2 Å².